The van der Waals surface area contributed by atoms with Gasteiger partial charge in [-0.3, -0.25) is 14.5 Å². The second-order valence-electron chi connectivity index (χ2n) is 3.12. The van der Waals surface area contributed by atoms with Gasteiger partial charge in [0.1, 0.15) is 0 Å². The number of nitrogens with zero attached hydrogens (tertiary/aromatic N) is 1. The molecule has 0 radical (unpaired) electrons. The van der Waals surface area contributed by atoms with Crippen LogP contribution in [0.5, 0.6) is 0 Å². The summed E-state index contributed by atoms with van der Waals surface area (Å²) in [5, 5.41) is 10.3. The monoisotopic (exact) mass is 291 g/mol. The van der Waals surface area contributed by atoms with Gasteiger partial charge >= 0.3 is 5.97 Å². The van der Waals surface area contributed by atoms with Crippen LogP contribution >= 0.6 is 27.3 Å². The number of carbonyl (C=O) groups excluding carboxylic acids is 1. The zero-order chi connectivity index (χ0) is 11.4. The predicted octanol–water partition coefficient (Wildman–Crippen LogP) is 1.71. The van der Waals surface area contributed by atoms with Crippen LogP contribution < -0.4 is 0 Å². The maximum Gasteiger partial charge on any atom is 0.317 e. The molecule has 0 aliphatic rings. The molecule has 0 saturated heterocycles. The second kappa shape index (κ2) is 5.39. The van der Waals surface area contributed by atoms with Gasteiger partial charge in [0.15, 0.2) is 5.78 Å². The normalized spacial score (nSPS) is 10.6. The summed E-state index contributed by atoms with van der Waals surface area (Å²) in [5.74, 6) is -0.993. The molecule has 1 N–H and O–H groups in total. The summed E-state index contributed by atoms with van der Waals surface area (Å²) in [7, 11) is 1.61. The maximum absolute atomic E-state index is 11.6. The molecule has 0 aliphatic heterocycles. The highest BCUT2D eigenvalue weighted by molar-refractivity contribution is 9.10. The van der Waals surface area contributed by atoms with E-state index in [1.807, 2.05) is 5.38 Å². The quantitative estimate of drug-likeness (QED) is 0.839. The van der Waals surface area contributed by atoms with Gasteiger partial charge in [0.25, 0.3) is 0 Å². The molecule has 0 amide bonds. The summed E-state index contributed by atoms with van der Waals surface area (Å²) in [4.78, 5) is 24.1. The van der Waals surface area contributed by atoms with Gasteiger partial charge in [-0.2, -0.15) is 0 Å². The zero-order valence-electron chi connectivity index (χ0n) is 8.07. The summed E-state index contributed by atoms with van der Waals surface area (Å²) in [5.41, 5.74) is 0. The van der Waals surface area contributed by atoms with Crippen LogP contribution in [0.1, 0.15) is 9.67 Å². The van der Waals surface area contributed by atoms with Crippen molar-refractivity contribution < 1.29 is 14.7 Å². The fraction of sp³-hybridized carbons (Fsp3) is 0.333. The van der Waals surface area contributed by atoms with E-state index < -0.39 is 5.97 Å². The van der Waals surface area contributed by atoms with Crippen LogP contribution in [0.4, 0.5) is 0 Å². The lowest BCUT2D eigenvalue weighted by atomic mass is 10.3. The van der Waals surface area contributed by atoms with E-state index in [1.54, 1.807) is 13.1 Å². The topological polar surface area (TPSA) is 57.6 Å². The summed E-state index contributed by atoms with van der Waals surface area (Å²) in [6.07, 6.45) is 0. The first-order valence-corrected chi connectivity index (χ1v) is 5.84. The largest absolute Gasteiger partial charge is 0.480 e. The van der Waals surface area contributed by atoms with E-state index in [0.717, 1.165) is 4.47 Å². The average molecular weight is 292 g/mol. The van der Waals surface area contributed by atoms with E-state index in [0.29, 0.717) is 4.88 Å². The van der Waals surface area contributed by atoms with Crippen molar-refractivity contribution in [3.05, 3.63) is 20.8 Å². The van der Waals surface area contributed by atoms with Crippen LogP contribution in [0.25, 0.3) is 0 Å². The third kappa shape index (κ3) is 4.11. The fourth-order valence-corrected chi connectivity index (χ4v) is 2.43. The number of likely N-dealkylation sites (N-methyl/N-ethyl adjacent to an activating group) is 1. The lowest BCUT2D eigenvalue weighted by Gasteiger charge is -2.11. The number of thiophene rings is 1. The SMILES string of the molecule is CN(CC(=O)O)CC(=O)c1cc(Br)cs1. The number of aliphatic carboxylic acids is 1. The molecule has 0 bridgehead atoms. The molecule has 0 spiro atoms. The van der Waals surface area contributed by atoms with Gasteiger partial charge in [0.05, 0.1) is 18.0 Å². The molecule has 0 saturated carbocycles. The van der Waals surface area contributed by atoms with Crippen molar-refractivity contribution in [3.63, 3.8) is 0 Å². The van der Waals surface area contributed by atoms with Crippen LogP contribution in [-0.4, -0.2) is 41.9 Å². The molecule has 0 unspecified atom stereocenters. The Hall–Kier alpha value is -0.720. The number of carboxylic acid groups (broad SMARTS) is 1. The number of Topliss-reactive ketones (excluding diaryl/α,β-unsaturated/α-hetero) is 1. The Labute approximate surface area is 99.6 Å². The van der Waals surface area contributed by atoms with Crippen LogP contribution in [0.15, 0.2) is 15.9 Å². The molecule has 82 valence electrons. The minimum atomic E-state index is -0.933. The third-order valence-corrected chi connectivity index (χ3v) is 3.39. The van der Waals surface area contributed by atoms with E-state index >= 15 is 0 Å². The van der Waals surface area contributed by atoms with Gasteiger partial charge in [0.2, 0.25) is 0 Å². The van der Waals surface area contributed by atoms with Gasteiger partial charge in [-0.15, -0.1) is 11.3 Å². The lowest BCUT2D eigenvalue weighted by molar-refractivity contribution is -0.137. The molecule has 4 nitrogen and oxygen atoms in total. The zero-order valence-corrected chi connectivity index (χ0v) is 10.5. The number of carboxylic acids is 1. The summed E-state index contributed by atoms with van der Waals surface area (Å²) in [6, 6.07) is 1.74. The first-order valence-electron chi connectivity index (χ1n) is 4.16. The molecule has 1 aromatic rings. The number of rotatable bonds is 5. The Kier molecular flexibility index (Phi) is 4.44. The Morgan fingerprint density at radius 1 is 1.53 bits per heavy atom. The predicted molar refractivity (Wildman–Crippen MR) is 61.5 cm³/mol. The average Bonchev–Trinajstić information content (AvgIpc) is 2.49. The number of halogens is 1. The minimum absolute atomic E-state index is 0.0607. The number of hydrogen-bond acceptors (Lipinski definition) is 4. The highest BCUT2D eigenvalue weighted by Crippen LogP contribution is 2.20. The van der Waals surface area contributed by atoms with E-state index in [9.17, 15) is 9.59 Å². The highest BCUT2D eigenvalue weighted by atomic mass is 79.9. The molecule has 0 fully saturated rings. The van der Waals surface area contributed by atoms with Crippen LogP contribution in [0, 0.1) is 0 Å². The van der Waals surface area contributed by atoms with Crippen molar-refractivity contribution in [3.8, 4) is 0 Å². The van der Waals surface area contributed by atoms with E-state index in [-0.39, 0.29) is 18.9 Å². The molecule has 15 heavy (non-hydrogen) atoms. The van der Waals surface area contributed by atoms with Crippen molar-refractivity contribution in [2.75, 3.05) is 20.1 Å². The number of hydrogen-bond donors (Lipinski definition) is 1. The lowest BCUT2D eigenvalue weighted by Crippen LogP contribution is -2.30. The third-order valence-electron chi connectivity index (χ3n) is 1.66. The van der Waals surface area contributed by atoms with Crippen molar-refractivity contribution in [2.45, 2.75) is 0 Å². The standard InChI is InChI=1S/C9H10BrNO3S/c1-11(4-9(13)14)3-7(12)8-2-6(10)5-15-8/h2,5H,3-4H2,1H3,(H,13,14). The summed E-state index contributed by atoms with van der Waals surface area (Å²) < 4.78 is 0.872. The van der Waals surface area contributed by atoms with Crippen molar-refractivity contribution in [2.24, 2.45) is 0 Å². The van der Waals surface area contributed by atoms with Gasteiger partial charge in [-0.1, -0.05) is 0 Å². The molecule has 1 aromatic heterocycles. The van der Waals surface area contributed by atoms with Crippen molar-refractivity contribution in [1.82, 2.24) is 4.90 Å². The van der Waals surface area contributed by atoms with Gasteiger partial charge < -0.3 is 5.11 Å². The molecular weight excluding hydrogens is 282 g/mol. The van der Waals surface area contributed by atoms with E-state index in [2.05, 4.69) is 15.9 Å². The van der Waals surface area contributed by atoms with Crippen LogP contribution in [-0.2, 0) is 4.79 Å². The maximum atomic E-state index is 11.6. The molecule has 6 heteroatoms. The summed E-state index contributed by atoms with van der Waals surface area (Å²) in [6.45, 7) is -0.00244. The van der Waals surface area contributed by atoms with E-state index in [4.69, 9.17) is 5.11 Å². The smallest absolute Gasteiger partial charge is 0.317 e. The van der Waals surface area contributed by atoms with Crippen molar-refractivity contribution in [1.29, 1.82) is 0 Å². The van der Waals surface area contributed by atoms with E-state index in [1.165, 1.54) is 16.2 Å². The minimum Gasteiger partial charge on any atom is -0.480 e. The van der Waals surface area contributed by atoms with Gasteiger partial charge in [-0.25, -0.2) is 0 Å². The summed E-state index contributed by atoms with van der Waals surface area (Å²) >= 11 is 4.61. The molecule has 0 aromatic carbocycles. The first kappa shape index (κ1) is 12.4. The Morgan fingerprint density at radius 2 is 2.20 bits per heavy atom. The Balaban J connectivity index is 2.52. The second-order valence-corrected chi connectivity index (χ2v) is 4.95. The molecule has 0 aliphatic carbocycles. The van der Waals surface area contributed by atoms with Gasteiger partial charge in [-0.05, 0) is 29.0 Å². The molecule has 1 rings (SSSR count). The highest BCUT2D eigenvalue weighted by Gasteiger charge is 2.13. The molecular formula is C9H10BrNO3S. The first-order chi connectivity index (χ1) is 6.99. The van der Waals surface area contributed by atoms with Crippen molar-refractivity contribution >= 4 is 39.0 Å². The Morgan fingerprint density at radius 3 is 2.67 bits per heavy atom. The molecule has 0 atom stereocenters. The van der Waals surface area contributed by atoms with Gasteiger partial charge in [0, 0.05) is 9.85 Å². The Bertz CT molecular complexity index is 377. The number of carbonyl (C=O) groups is 2. The van der Waals surface area contributed by atoms with Crippen LogP contribution in [0.3, 0.4) is 0 Å². The molecule has 1 heterocycles. The number of ketones is 1. The van der Waals surface area contributed by atoms with Crippen LogP contribution in [0.2, 0.25) is 0 Å². The fourth-order valence-electron chi connectivity index (χ4n) is 1.07.